The molecule has 5 nitrogen and oxygen atoms in total. The maximum atomic E-state index is 13.0. The molecule has 0 radical (unpaired) electrons. The Labute approximate surface area is 186 Å². The third-order valence-corrected chi connectivity index (χ3v) is 6.70. The number of amides is 1. The second-order valence-corrected chi connectivity index (χ2v) is 9.28. The molecule has 0 bridgehead atoms. The normalized spacial score (nSPS) is 12.4. The second kappa shape index (κ2) is 9.62. The third kappa shape index (κ3) is 5.61. The molecule has 156 valence electrons. The van der Waals surface area contributed by atoms with E-state index in [1.54, 1.807) is 25.1 Å². The van der Waals surface area contributed by atoms with E-state index in [1.165, 1.54) is 24.3 Å². The Bertz CT molecular complexity index is 1130. The van der Waals surface area contributed by atoms with Crippen LogP contribution in [0.3, 0.4) is 0 Å². The van der Waals surface area contributed by atoms with Gasteiger partial charge in [-0.1, -0.05) is 59.6 Å². The highest BCUT2D eigenvalue weighted by atomic mass is 35.5. The van der Waals surface area contributed by atoms with Gasteiger partial charge in [0, 0.05) is 15.7 Å². The van der Waals surface area contributed by atoms with E-state index in [0.717, 1.165) is 5.56 Å². The lowest BCUT2D eigenvalue weighted by Crippen LogP contribution is -2.45. The molecule has 0 heterocycles. The number of benzene rings is 3. The highest BCUT2D eigenvalue weighted by Gasteiger charge is 2.26. The van der Waals surface area contributed by atoms with E-state index in [4.69, 9.17) is 23.2 Å². The molecule has 30 heavy (non-hydrogen) atoms. The second-order valence-electron chi connectivity index (χ2n) is 6.72. The SMILES string of the molecule is Cc1c(Cl)cccc1NC(=O)[C@H](Cc1ccccc1)NS(=O)(=O)c1ccc(Cl)cc1. The summed E-state index contributed by atoms with van der Waals surface area (Å²) in [5.41, 5.74) is 2.04. The summed E-state index contributed by atoms with van der Waals surface area (Å²) in [6.45, 7) is 1.78. The molecule has 8 heteroatoms. The van der Waals surface area contributed by atoms with E-state index in [0.29, 0.717) is 21.3 Å². The first-order chi connectivity index (χ1) is 14.3. The fraction of sp³-hybridized carbons (Fsp3) is 0.136. The van der Waals surface area contributed by atoms with Crippen molar-refractivity contribution in [2.75, 3.05) is 5.32 Å². The number of halogens is 2. The fourth-order valence-corrected chi connectivity index (χ4v) is 4.37. The third-order valence-electron chi connectivity index (χ3n) is 4.55. The van der Waals surface area contributed by atoms with E-state index in [2.05, 4.69) is 10.0 Å². The molecule has 0 aliphatic rings. The van der Waals surface area contributed by atoms with Crippen molar-refractivity contribution < 1.29 is 13.2 Å². The van der Waals surface area contributed by atoms with Gasteiger partial charge in [0.2, 0.25) is 15.9 Å². The predicted molar refractivity (Wildman–Crippen MR) is 121 cm³/mol. The molecule has 0 fully saturated rings. The summed E-state index contributed by atoms with van der Waals surface area (Å²) in [7, 11) is -3.95. The molecule has 0 aromatic heterocycles. The quantitative estimate of drug-likeness (QED) is 0.527. The van der Waals surface area contributed by atoms with E-state index in [1.807, 2.05) is 30.3 Å². The zero-order chi connectivity index (χ0) is 21.7. The van der Waals surface area contributed by atoms with E-state index >= 15 is 0 Å². The van der Waals surface area contributed by atoms with Gasteiger partial charge in [-0.15, -0.1) is 0 Å². The highest BCUT2D eigenvalue weighted by Crippen LogP contribution is 2.23. The van der Waals surface area contributed by atoms with Gasteiger partial charge in [-0.25, -0.2) is 8.42 Å². The van der Waals surface area contributed by atoms with Crippen molar-refractivity contribution in [2.45, 2.75) is 24.3 Å². The molecule has 3 rings (SSSR count). The van der Waals surface area contributed by atoms with Gasteiger partial charge in [-0.3, -0.25) is 4.79 Å². The monoisotopic (exact) mass is 462 g/mol. The van der Waals surface area contributed by atoms with Crippen LogP contribution in [0.5, 0.6) is 0 Å². The lowest BCUT2D eigenvalue weighted by molar-refractivity contribution is -0.117. The van der Waals surface area contributed by atoms with Gasteiger partial charge in [-0.2, -0.15) is 4.72 Å². The summed E-state index contributed by atoms with van der Waals surface area (Å²) in [5, 5.41) is 3.71. The Morgan fingerprint density at radius 2 is 1.60 bits per heavy atom. The van der Waals surface area contributed by atoms with Crippen LogP contribution in [0.15, 0.2) is 77.7 Å². The van der Waals surface area contributed by atoms with Gasteiger partial charge >= 0.3 is 0 Å². The number of rotatable bonds is 7. The van der Waals surface area contributed by atoms with Crippen LogP contribution in [0.2, 0.25) is 10.0 Å². The molecular formula is C22H20Cl2N2O3S. The first kappa shape index (κ1) is 22.3. The molecule has 0 saturated carbocycles. The van der Waals surface area contributed by atoms with Crippen LogP contribution in [0.25, 0.3) is 0 Å². The smallest absolute Gasteiger partial charge is 0.242 e. The zero-order valence-corrected chi connectivity index (χ0v) is 18.4. The van der Waals surface area contributed by atoms with Crippen LogP contribution < -0.4 is 10.0 Å². The number of anilines is 1. The van der Waals surface area contributed by atoms with Crippen molar-refractivity contribution in [1.82, 2.24) is 4.72 Å². The summed E-state index contributed by atoms with van der Waals surface area (Å²) in [4.78, 5) is 13.1. The predicted octanol–water partition coefficient (Wildman–Crippen LogP) is 4.83. The fourth-order valence-electron chi connectivity index (χ4n) is 2.87. The summed E-state index contributed by atoms with van der Waals surface area (Å²) in [6.07, 6.45) is 0.180. The Morgan fingerprint density at radius 1 is 0.933 bits per heavy atom. The Morgan fingerprint density at radius 3 is 2.27 bits per heavy atom. The van der Waals surface area contributed by atoms with Crippen LogP contribution in [0.1, 0.15) is 11.1 Å². The molecule has 0 spiro atoms. The summed E-state index contributed by atoms with van der Waals surface area (Å²) in [6, 6.07) is 19.1. The van der Waals surface area contributed by atoms with Crippen molar-refractivity contribution in [2.24, 2.45) is 0 Å². The molecule has 0 unspecified atom stereocenters. The van der Waals surface area contributed by atoms with Crippen molar-refractivity contribution >= 4 is 44.8 Å². The lowest BCUT2D eigenvalue weighted by atomic mass is 10.1. The van der Waals surface area contributed by atoms with Crippen molar-refractivity contribution in [3.05, 3.63) is 94.0 Å². The van der Waals surface area contributed by atoms with Crippen molar-refractivity contribution in [3.8, 4) is 0 Å². The Balaban J connectivity index is 1.88. The number of carbonyl (C=O) groups is 1. The molecule has 1 amide bonds. The molecule has 1 atom stereocenters. The van der Waals surface area contributed by atoms with Gasteiger partial charge < -0.3 is 5.32 Å². The topological polar surface area (TPSA) is 75.3 Å². The van der Waals surface area contributed by atoms with E-state index < -0.39 is 22.0 Å². The first-order valence-corrected chi connectivity index (χ1v) is 11.4. The van der Waals surface area contributed by atoms with E-state index in [9.17, 15) is 13.2 Å². The summed E-state index contributed by atoms with van der Waals surface area (Å²) >= 11 is 12.0. The molecular weight excluding hydrogens is 443 g/mol. The number of nitrogens with one attached hydrogen (secondary N) is 2. The van der Waals surface area contributed by atoms with Gasteiger partial charge in [0.25, 0.3) is 0 Å². The average molecular weight is 463 g/mol. The molecule has 0 aliphatic heterocycles. The highest BCUT2D eigenvalue weighted by molar-refractivity contribution is 7.89. The van der Waals surface area contributed by atoms with Crippen LogP contribution >= 0.6 is 23.2 Å². The number of hydrogen-bond donors (Lipinski definition) is 2. The minimum Gasteiger partial charge on any atom is -0.324 e. The van der Waals surface area contributed by atoms with Crippen LogP contribution in [-0.2, 0) is 21.2 Å². The number of carbonyl (C=O) groups excluding carboxylic acids is 1. The van der Waals surface area contributed by atoms with Gasteiger partial charge in [0.1, 0.15) is 6.04 Å². The largest absolute Gasteiger partial charge is 0.324 e. The van der Waals surface area contributed by atoms with Gasteiger partial charge in [0.15, 0.2) is 0 Å². The standard InChI is InChI=1S/C22H20Cl2N2O3S/c1-15-19(24)8-5-9-20(15)25-22(27)21(14-16-6-3-2-4-7-16)26-30(28,29)18-12-10-17(23)11-13-18/h2-13,21,26H,14H2,1H3,(H,25,27)/t21-/m0/s1. The summed E-state index contributed by atoms with van der Waals surface area (Å²) in [5.74, 6) is -0.484. The lowest BCUT2D eigenvalue weighted by Gasteiger charge is -2.20. The van der Waals surface area contributed by atoms with Gasteiger partial charge in [0.05, 0.1) is 4.90 Å². The maximum absolute atomic E-state index is 13.0. The minimum atomic E-state index is -3.95. The van der Waals surface area contributed by atoms with Crippen molar-refractivity contribution in [1.29, 1.82) is 0 Å². The average Bonchev–Trinajstić information content (AvgIpc) is 2.72. The Kier molecular flexibility index (Phi) is 7.15. The molecule has 0 aliphatic carbocycles. The number of sulfonamides is 1. The van der Waals surface area contributed by atoms with Crippen LogP contribution in [0, 0.1) is 6.92 Å². The van der Waals surface area contributed by atoms with Crippen molar-refractivity contribution in [3.63, 3.8) is 0 Å². The van der Waals surface area contributed by atoms with Gasteiger partial charge in [-0.05, 0) is 60.9 Å². The van der Waals surface area contributed by atoms with Crippen LogP contribution in [0.4, 0.5) is 5.69 Å². The number of hydrogen-bond acceptors (Lipinski definition) is 3. The summed E-state index contributed by atoms with van der Waals surface area (Å²) < 4.78 is 28.2. The molecule has 0 saturated heterocycles. The molecule has 3 aromatic carbocycles. The Hall–Kier alpha value is -2.38. The minimum absolute atomic E-state index is 0.0247. The zero-order valence-electron chi connectivity index (χ0n) is 16.1. The van der Waals surface area contributed by atoms with Crippen LogP contribution in [-0.4, -0.2) is 20.4 Å². The molecule has 2 N–H and O–H groups in total. The van der Waals surface area contributed by atoms with E-state index in [-0.39, 0.29) is 11.3 Å². The maximum Gasteiger partial charge on any atom is 0.242 e. The molecule has 3 aromatic rings. The first-order valence-electron chi connectivity index (χ1n) is 9.14.